The van der Waals surface area contributed by atoms with Crippen LogP contribution in [0.25, 0.3) is 11.0 Å². The van der Waals surface area contributed by atoms with E-state index in [9.17, 15) is 4.79 Å². The first-order valence-corrected chi connectivity index (χ1v) is 8.06. The second kappa shape index (κ2) is 6.48. The molecule has 0 aliphatic carbocycles. The van der Waals surface area contributed by atoms with E-state index in [4.69, 9.17) is 0 Å². The Bertz CT molecular complexity index is 658. The summed E-state index contributed by atoms with van der Waals surface area (Å²) in [7, 11) is 2.00. The first-order valence-electron chi connectivity index (χ1n) is 8.06. The Hall–Kier alpha value is -1.88. The van der Waals surface area contributed by atoms with E-state index in [0.29, 0.717) is 12.3 Å². The van der Waals surface area contributed by atoms with Gasteiger partial charge < -0.3 is 15.2 Å². The number of hydrogen-bond acceptors (Lipinski definition) is 3. The van der Waals surface area contributed by atoms with Crippen molar-refractivity contribution in [1.82, 2.24) is 20.2 Å². The van der Waals surface area contributed by atoms with E-state index in [1.165, 1.54) is 6.42 Å². The summed E-state index contributed by atoms with van der Waals surface area (Å²) in [5.74, 6) is 1.67. The molecule has 1 aliphatic rings. The van der Waals surface area contributed by atoms with Crippen LogP contribution in [-0.2, 0) is 11.8 Å². The third kappa shape index (κ3) is 3.14. The maximum absolute atomic E-state index is 12.1. The van der Waals surface area contributed by atoms with Crippen LogP contribution in [0.2, 0.25) is 0 Å². The topological polar surface area (TPSA) is 59.0 Å². The number of nitrogens with zero attached hydrogens (tertiary/aromatic N) is 2. The predicted molar refractivity (Wildman–Crippen MR) is 87.5 cm³/mol. The summed E-state index contributed by atoms with van der Waals surface area (Å²) in [5, 5.41) is 6.42. The molecule has 5 nitrogen and oxygen atoms in total. The first-order chi connectivity index (χ1) is 10.6. The maximum atomic E-state index is 12.1. The lowest BCUT2D eigenvalue weighted by Gasteiger charge is -2.15. The zero-order chi connectivity index (χ0) is 15.5. The van der Waals surface area contributed by atoms with Gasteiger partial charge in [-0.25, -0.2) is 4.98 Å². The van der Waals surface area contributed by atoms with Gasteiger partial charge in [-0.3, -0.25) is 4.79 Å². The molecule has 2 aromatic rings. The van der Waals surface area contributed by atoms with E-state index in [-0.39, 0.29) is 11.9 Å². The number of hydrogen-bond donors (Lipinski definition) is 2. The molecule has 1 aliphatic heterocycles. The van der Waals surface area contributed by atoms with Crippen molar-refractivity contribution in [3.05, 3.63) is 30.1 Å². The van der Waals surface area contributed by atoms with Crippen molar-refractivity contribution in [2.45, 2.75) is 32.2 Å². The van der Waals surface area contributed by atoms with Crippen LogP contribution in [-0.4, -0.2) is 28.5 Å². The van der Waals surface area contributed by atoms with Crippen molar-refractivity contribution in [2.24, 2.45) is 13.0 Å². The summed E-state index contributed by atoms with van der Waals surface area (Å²) in [6, 6.07) is 7.96. The summed E-state index contributed by atoms with van der Waals surface area (Å²) in [4.78, 5) is 16.8. The number of rotatable bonds is 5. The van der Waals surface area contributed by atoms with E-state index in [1.54, 1.807) is 0 Å². The molecule has 1 amide bonds. The minimum Gasteiger partial charge on any atom is -0.346 e. The number of amides is 1. The highest BCUT2D eigenvalue weighted by molar-refractivity contribution is 5.78. The lowest BCUT2D eigenvalue weighted by Crippen LogP contribution is -2.28. The van der Waals surface area contributed by atoms with Gasteiger partial charge in [0.15, 0.2) is 0 Å². The van der Waals surface area contributed by atoms with Crippen LogP contribution in [0.15, 0.2) is 24.3 Å². The average Bonchev–Trinajstić information content (AvgIpc) is 3.14. The van der Waals surface area contributed by atoms with E-state index in [2.05, 4.69) is 20.2 Å². The molecule has 3 rings (SSSR count). The van der Waals surface area contributed by atoms with Crippen molar-refractivity contribution in [1.29, 1.82) is 0 Å². The fraction of sp³-hybridized carbons (Fsp3) is 0.529. The van der Waals surface area contributed by atoms with Crippen molar-refractivity contribution in [2.75, 3.05) is 13.1 Å². The van der Waals surface area contributed by atoms with Crippen LogP contribution in [0.5, 0.6) is 0 Å². The SMILES string of the molecule is CC(NC(=O)CCC1CCNC1)c1nc2ccccc2n1C. The molecule has 0 bridgehead atoms. The van der Waals surface area contributed by atoms with Crippen LogP contribution < -0.4 is 10.6 Å². The smallest absolute Gasteiger partial charge is 0.220 e. The lowest BCUT2D eigenvalue weighted by molar-refractivity contribution is -0.122. The lowest BCUT2D eigenvalue weighted by atomic mass is 10.0. The van der Waals surface area contributed by atoms with Gasteiger partial charge in [0.2, 0.25) is 5.91 Å². The summed E-state index contributed by atoms with van der Waals surface area (Å²) < 4.78 is 2.06. The highest BCUT2D eigenvalue weighted by atomic mass is 16.1. The Labute approximate surface area is 131 Å². The maximum Gasteiger partial charge on any atom is 0.220 e. The van der Waals surface area contributed by atoms with Crippen LogP contribution in [0.4, 0.5) is 0 Å². The van der Waals surface area contributed by atoms with Crippen molar-refractivity contribution >= 4 is 16.9 Å². The van der Waals surface area contributed by atoms with Gasteiger partial charge in [-0.2, -0.15) is 0 Å². The molecule has 22 heavy (non-hydrogen) atoms. The van der Waals surface area contributed by atoms with Crippen molar-refractivity contribution in [3.63, 3.8) is 0 Å². The predicted octanol–water partition coefficient (Wildman–Crippen LogP) is 2.14. The molecule has 2 N–H and O–H groups in total. The zero-order valence-electron chi connectivity index (χ0n) is 13.3. The molecule has 1 aromatic carbocycles. The molecule has 2 atom stereocenters. The molecule has 0 radical (unpaired) electrons. The van der Waals surface area contributed by atoms with E-state index < -0.39 is 0 Å². The number of aromatic nitrogens is 2. The Kier molecular flexibility index (Phi) is 4.43. The van der Waals surface area contributed by atoms with Crippen LogP contribution in [0.1, 0.15) is 38.1 Å². The third-order valence-corrected chi connectivity index (χ3v) is 4.53. The van der Waals surface area contributed by atoms with Gasteiger partial charge in [0.05, 0.1) is 17.1 Å². The number of carbonyl (C=O) groups excluding carboxylic acids is 1. The minimum absolute atomic E-state index is 0.0772. The number of carbonyl (C=O) groups is 1. The van der Waals surface area contributed by atoms with Crippen molar-refractivity contribution < 1.29 is 4.79 Å². The van der Waals surface area contributed by atoms with Gasteiger partial charge in [-0.05, 0) is 50.9 Å². The molecule has 0 saturated carbocycles. The number of imidazole rings is 1. The second-order valence-corrected chi connectivity index (χ2v) is 6.20. The zero-order valence-corrected chi connectivity index (χ0v) is 13.3. The van der Waals surface area contributed by atoms with Gasteiger partial charge in [-0.1, -0.05) is 12.1 Å². The summed E-state index contributed by atoms with van der Waals surface area (Å²) >= 11 is 0. The number of fused-ring (bicyclic) bond motifs is 1. The van der Waals surface area contributed by atoms with Crippen molar-refractivity contribution in [3.8, 4) is 0 Å². The standard InChI is InChI=1S/C17H24N4O/c1-12(19-16(22)8-7-13-9-10-18-11-13)17-20-14-5-3-4-6-15(14)21(17)2/h3-6,12-13,18H,7-11H2,1-2H3,(H,19,22). The fourth-order valence-corrected chi connectivity index (χ4v) is 3.23. The van der Waals surface area contributed by atoms with Gasteiger partial charge in [-0.15, -0.1) is 0 Å². The molecule has 1 fully saturated rings. The highest BCUT2D eigenvalue weighted by Gasteiger charge is 2.19. The molecule has 2 unspecified atom stereocenters. The molecule has 1 saturated heterocycles. The third-order valence-electron chi connectivity index (χ3n) is 4.53. The van der Waals surface area contributed by atoms with Gasteiger partial charge in [0.25, 0.3) is 0 Å². The molecule has 0 spiro atoms. The molecular weight excluding hydrogens is 276 g/mol. The van der Waals surface area contributed by atoms with Crippen LogP contribution >= 0.6 is 0 Å². The number of nitrogens with one attached hydrogen (secondary N) is 2. The molecule has 2 heterocycles. The molecule has 118 valence electrons. The second-order valence-electron chi connectivity index (χ2n) is 6.20. The van der Waals surface area contributed by atoms with Crippen LogP contribution in [0, 0.1) is 5.92 Å². The Morgan fingerprint density at radius 2 is 2.32 bits per heavy atom. The molecule has 1 aromatic heterocycles. The Balaban J connectivity index is 1.61. The van der Waals surface area contributed by atoms with E-state index in [1.807, 2.05) is 38.2 Å². The van der Waals surface area contributed by atoms with E-state index in [0.717, 1.165) is 36.4 Å². The highest BCUT2D eigenvalue weighted by Crippen LogP contribution is 2.20. The van der Waals surface area contributed by atoms with E-state index >= 15 is 0 Å². The normalized spacial score (nSPS) is 19.5. The minimum atomic E-state index is -0.0772. The summed E-state index contributed by atoms with van der Waals surface area (Å²) in [6.07, 6.45) is 2.75. The van der Waals surface area contributed by atoms with Gasteiger partial charge in [0.1, 0.15) is 5.82 Å². The average molecular weight is 300 g/mol. The van der Waals surface area contributed by atoms with Gasteiger partial charge in [0, 0.05) is 13.5 Å². The van der Waals surface area contributed by atoms with Crippen LogP contribution in [0.3, 0.4) is 0 Å². The Morgan fingerprint density at radius 1 is 1.50 bits per heavy atom. The largest absolute Gasteiger partial charge is 0.346 e. The number of aryl methyl sites for hydroxylation is 1. The number of para-hydroxylation sites is 2. The monoisotopic (exact) mass is 300 g/mol. The fourth-order valence-electron chi connectivity index (χ4n) is 3.23. The first kappa shape index (κ1) is 15.0. The summed E-state index contributed by atoms with van der Waals surface area (Å²) in [6.45, 7) is 4.13. The molecular formula is C17H24N4O. The molecule has 5 heteroatoms. The number of benzene rings is 1. The van der Waals surface area contributed by atoms with Gasteiger partial charge >= 0.3 is 0 Å². The quantitative estimate of drug-likeness (QED) is 0.889. The Morgan fingerprint density at radius 3 is 3.05 bits per heavy atom. The summed E-state index contributed by atoms with van der Waals surface area (Å²) in [5.41, 5.74) is 2.06.